The summed E-state index contributed by atoms with van der Waals surface area (Å²) in [6, 6.07) is 1.73. The molecule has 0 N–H and O–H groups in total. The van der Waals surface area contributed by atoms with Crippen molar-refractivity contribution in [3.63, 3.8) is 0 Å². The Morgan fingerprint density at radius 2 is 2.38 bits per heavy atom. The Morgan fingerprint density at radius 1 is 1.56 bits per heavy atom. The van der Waals surface area contributed by atoms with Crippen LogP contribution in [0.25, 0.3) is 0 Å². The summed E-state index contributed by atoms with van der Waals surface area (Å²) in [4.78, 5) is 7.87. The Bertz CT molecular complexity index is 448. The van der Waals surface area contributed by atoms with E-state index in [2.05, 4.69) is 9.97 Å². The lowest BCUT2D eigenvalue weighted by atomic mass is 10.2. The van der Waals surface area contributed by atoms with Gasteiger partial charge in [-0.15, -0.1) is 0 Å². The van der Waals surface area contributed by atoms with Crippen molar-refractivity contribution in [3.8, 4) is 0 Å². The number of nitrogens with zero attached hydrogens (tertiary/aromatic N) is 3. The average Bonchev–Trinajstić information content (AvgIpc) is 2.29. The lowest BCUT2D eigenvalue weighted by Crippen LogP contribution is -2.41. The highest BCUT2D eigenvalue weighted by molar-refractivity contribution is 7.88. The molecule has 1 aliphatic rings. The number of hydrogen-bond donors (Lipinski definition) is 0. The van der Waals surface area contributed by atoms with Crippen LogP contribution in [0.1, 0.15) is 11.8 Å². The van der Waals surface area contributed by atoms with Crippen LogP contribution in [-0.2, 0) is 14.8 Å². The second-order valence-corrected chi connectivity index (χ2v) is 5.60. The number of ether oxygens (including phenoxy) is 1. The van der Waals surface area contributed by atoms with Crippen LogP contribution in [0.4, 0.5) is 0 Å². The molecule has 7 heteroatoms. The molecule has 6 nitrogen and oxygen atoms in total. The third kappa shape index (κ3) is 2.55. The maximum absolute atomic E-state index is 11.4. The van der Waals surface area contributed by atoms with E-state index in [-0.39, 0.29) is 6.10 Å². The Morgan fingerprint density at radius 3 is 3.00 bits per heavy atom. The minimum Gasteiger partial charge on any atom is -0.369 e. The molecular formula is C9H13N3O3S. The zero-order valence-corrected chi connectivity index (χ0v) is 9.72. The minimum atomic E-state index is -3.16. The van der Waals surface area contributed by atoms with Crippen molar-refractivity contribution in [1.82, 2.24) is 14.3 Å². The van der Waals surface area contributed by atoms with Gasteiger partial charge in [0.2, 0.25) is 10.0 Å². The van der Waals surface area contributed by atoms with Crippen molar-refractivity contribution < 1.29 is 13.2 Å². The predicted octanol–water partition coefficient (Wildman–Crippen LogP) is -0.191. The van der Waals surface area contributed by atoms with Gasteiger partial charge in [-0.3, -0.25) is 0 Å². The normalized spacial score (nSPS) is 23.2. The number of hydrogen-bond acceptors (Lipinski definition) is 5. The number of rotatable bonds is 2. The molecule has 88 valence electrons. The average molecular weight is 243 g/mol. The van der Waals surface area contributed by atoms with Crippen molar-refractivity contribution in [2.24, 2.45) is 0 Å². The maximum Gasteiger partial charge on any atom is 0.211 e. The molecule has 0 amide bonds. The summed E-state index contributed by atoms with van der Waals surface area (Å²) in [6.07, 6.45) is 3.95. The van der Waals surface area contributed by atoms with Crippen molar-refractivity contribution in [2.75, 3.05) is 26.0 Å². The summed E-state index contributed by atoms with van der Waals surface area (Å²) in [7, 11) is -3.16. The molecule has 0 spiro atoms. The van der Waals surface area contributed by atoms with Crippen LogP contribution in [0, 0.1) is 0 Å². The molecule has 0 saturated carbocycles. The van der Waals surface area contributed by atoms with Crippen LogP contribution in [0.2, 0.25) is 0 Å². The van der Waals surface area contributed by atoms with Crippen molar-refractivity contribution >= 4 is 10.0 Å². The second kappa shape index (κ2) is 4.44. The maximum atomic E-state index is 11.4. The Hall–Kier alpha value is -1.05. The van der Waals surface area contributed by atoms with Crippen LogP contribution in [0.5, 0.6) is 0 Å². The van der Waals surface area contributed by atoms with Gasteiger partial charge < -0.3 is 4.74 Å². The molecule has 1 aliphatic heterocycles. The van der Waals surface area contributed by atoms with Gasteiger partial charge in [0.1, 0.15) is 12.4 Å². The van der Waals surface area contributed by atoms with Gasteiger partial charge in [-0.1, -0.05) is 0 Å². The van der Waals surface area contributed by atoms with Crippen molar-refractivity contribution in [2.45, 2.75) is 6.10 Å². The molecule has 0 radical (unpaired) electrons. The summed E-state index contributed by atoms with van der Waals surface area (Å²) in [6.45, 7) is 1.11. The van der Waals surface area contributed by atoms with E-state index in [4.69, 9.17) is 4.74 Å². The van der Waals surface area contributed by atoms with E-state index in [1.807, 2.05) is 0 Å². The molecule has 16 heavy (non-hydrogen) atoms. The van der Waals surface area contributed by atoms with Gasteiger partial charge in [-0.05, 0) is 6.07 Å². The monoisotopic (exact) mass is 243 g/mol. The van der Waals surface area contributed by atoms with Gasteiger partial charge >= 0.3 is 0 Å². The number of aromatic nitrogens is 2. The topological polar surface area (TPSA) is 72.4 Å². The van der Waals surface area contributed by atoms with Crippen molar-refractivity contribution in [1.29, 1.82) is 0 Å². The molecule has 1 aromatic heterocycles. The lowest BCUT2D eigenvalue weighted by Gasteiger charge is -2.30. The standard InChI is InChI=1S/C9H13N3O3S/c1-16(13,14)12-4-5-15-9(6-12)8-2-3-10-7-11-8/h2-3,7,9H,4-6H2,1H3/t9-/m0/s1. The lowest BCUT2D eigenvalue weighted by molar-refractivity contribution is -0.00480. The Balaban J connectivity index is 2.14. The summed E-state index contributed by atoms with van der Waals surface area (Å²) in [5.41, 5.74) is 0.711. The largest absolute Gasteiger partial charge is 0.369 e. The van der Waals surface area contributed by atoms with Crippen LogP contribution in [-0.4, -0.2) is 48.6 Å². The summed E-state index contributed by atoms with van der Waals surface area (Å²) < 4.78 is 29.7. The van der Waals surface area contributed by atoms with E-state index in [0.717, 1.165) is 0 Å². The molecule has 0 aromatic carbocycles. The Kier molecular flexibility index (Phi) is 3.17. The third-order valence-corrected chi connectivity index (χ3v) is 3.70. The van der Waals surface area contributed by atoms with Crippen LogP contribution in [0.3, 0.4) is 0 Å². The first-order valence-corrected chi connectivity index (χ1v) is 6.75. The number of morpholine rings is 1. The molecular weight excluding hydrogens is 230 g/mol. The van der Waals surface area contributed by atoms with Crippen LogP contribution < -0.4 is 0 Å². The zero-order chi connectivity index (χ0) is 11.6. The van der Waals surface area contributed by atoms with Gasteiger partial charge in [0.15, 0.2) is 0 Å². The fraction of sp³-hybridized carbons (Fsp3) is 0.556. The molecule has 1 fully saturated rings. The summed E-state index contributed by atoms with van der Waals surface area (Å²) in [5.74, 6) is 0. The molecule has 1 aromatic rings. The highest BCUT2D eigenvalue weighted by atomic mass is 32.2. The van der Waals surface area contributed by atoms with Crippen LogP contribution >= 0.6 is 0 Å². The first-order valence-electron chi connectivity index (χ1n) is 4.90. The smallest absolute Gasteiger partial charge is 0.211 e. The quantitative estimate of drug-likeness (QED) is 0.720. The Labute approximate surface area is 94.3 Å². The molecule has 0 unspecified atom stereocenters. The highest BCUT2D eigenvalue weighted by Gasteiger charge is 2.27. The molecule has 1 saturated heterocycles. The first kappa shape index (κ1) is 11.4. The second-order valence-electron chi connectivity index (χ2n) is 3.61. The fourth-order valence-corrected chi connectivity index (χ4v) is 2.41. The molecule has 0 bridgehead atoms. The van der Waals surface area contributed by atoms with E-state index >= 15 is 0 Å². The summed E-state index contributed by atoms with van der Waals surface area (Å²) in [5, 5.41) is 0. The third-order valence-electron chi connectivity index (χ3n) is 2.43. The fourth-order valence-electron chi connectivity index (χ4n) is 1.60. The first-order chi connectivity index (χ1) is 7.57. The van der Waals surface area contributed by atoms with E-state index in [1.165, 1.54) is 16.9 Å². The molecule has 2 heterocycles. The SMILES string of the molecule is CS(=O)(=O)N1CCO[C@H](c2ccncn2)C1. The van der Waals surface area contributed by atoms with Gasteiger partial charge in [0.05, 0.1) is 18.6 Å². The van der Waals surface area contributed by atoms with Gasteiger partial charge in [-0.25, -0.2) is 18.4 Å². The van der Waals surface area contributed by atoms with E-state index < -0.39 is 10.0 Å². The highest BCUT2D eigenvalue weighted by Crippen LogP contribution is 2.21. The van der Waals surface area contributed by atoms with Crippen molar-refractivity contribution in [3.05, 3.63) is 24.3 Å². The number of sulfonamides is 1. The zero-order valence-electron chi connectivity index (χ0n) is 8.91. The van der Waals surface area contributed by atoms with E-state index in [9.17, 15) is 8.42 Å². The predicted molar refractivity (Wildman–Crippen MR) is 57.1 cm³/mol. The van der Waals surface area contributed by atoms with Gasteiger partial charge in [-0.2, -0.15) is 4.31 Å². The summed E-state index contributed by atoms with van der Waals surface area (Å²) >= 11 is 0. The molecule has 1 atom stereocenters. The van der Waals surface area contributed by atoms with Gasteiger partial charge in [0, 0.05) is 19.3 Å². The van der Waals surface area contributed by atoms with E-state index in [1.54, 1.807) is 12.3 Å². The molecule has 2 rings (SSSR count). The van der Waals surface area contributed by atoms with Gasteiger partial charge in [0.25, 0.3) is 0 Å². The van der Waals surface area contributed by atoms with Crippen LogP contribution in [0.15, 0.2) is 18.6 Å². The van der Waals surface area contributed by atoms with E-state index in [0.29, 0.717) is 25.4 Å². The molecule has 0 aliphatic carbocycles. The minimum absolute atomic E-state index is 0.300.